The van der Waals surface area contributed by atoms with E-state index in [0.29, 0.717) is 5.15 Å². The molecule has 2 rings (SSSR count). The molecule has 2 heterocycles. The quantitative estimate of drug-likeness (QED) is 0.743. The van der Waals surface area contributed by atoms with E-state index in [1.807, 2.05) is 24.6 Å². The summed E-state index contributed by atoms with van der Waals surface area (Å²) >= 11 is 6.21. The molecule has 5 heteroatoms. The molecule has 0 spiro atoms. The second-order valence-corrected chi connectivity index (χ2v) is 5.74. The van der Waals surface area contributed by atoms with Crippen molar-refractivity contribution in [3.63, 3.8) is 0 Å². The summed E-state index contributed by atoms with van der Waals surface area (Å²) < 4.78 is 1.93. The van der Waals surface area contributed by atoms with Gasteiger partial charge in [0.1, 0.15) is 22.6 Å². The van der Waals surface area contributed by atoms with Crippen molar-refractivity contribution < 1.29 is 0 Å². The maximum absolute atomic E-state index is 6.21. The van der Waals surface area contributed by atoms with Crippen LogP contribution in [0.2, 0.25) is 5.15 Å². The second-order valence-electron chi connectivity index (χ2n) is 5.38. The zero-order chi connectivity index (χ0) is 13.5. The summed E-state index contributed by atoms with van der Waals surface area (Å²) in [4.78, 5) is 13.2. The van der Waals surface area contributed by atoms with Crippen LogP contribution in [0.1, 0.15) is 38.0 Å². The molecule has 0 unspecified atom stereocenters. The third-order valence-corrected chi connectivity index (χ3v) is 3.15. The molecule has 0 aliphatic heterocycles. The van der Waals surface area contributed by atoms with E-state index in [1.54, 1.807) is 6.20 Å². The van der Waals surface area contributed by atoms with Crippen LogP contribution in [0.3, 0.4) is 0 Å². The number of rotatable bonds is 1. The molecule has 18 heavy (non-hydrogen) atoms. The van der Waals surface area contributed by atoms with E-state index >= 15 is 0 Å². The van der Waals surface area contributed by atoms with Crippen molar-refractivity contribution >= 4 is 11.6 Å². The van der Waals surface area contributed by atoms with Crippen LogP contribution in [0.4, 0.5) is 0 Å². The number of halogens is 1. The van der Waals surface area contributed by atoms with Crippen molar-refractivity contribution in [3.8, 4) is 5.82 Å². The second kappa shape index (κ2) is 4.35. The third-order valence-electron chi connectivity index (χ3n) is 2.79. The minimum Gasteiger partial charge on any atom is -0.288 e. The van der Waals surface area contributed by atoms with Crippen LogP contribution in [-0.2, 0) is 5.41 Å². The largest absolute Gasteiger partial charge is 0.288 e. The maximum atomic E-state index is 6.21. The maximum Gasteiger partial charge on any atom is 0.146 e. The van der Waals surface area contributed by atoms with Crippen molar-refractivity contribution in [1.29, 1.82) is 0 Å². The van der Waals surface area contributed by atoms with Gasteiger partial charge in [0.15, 0.2) is 0 Å². The van der Waals surface area contributed by atoms with Crippen LogP contribution >= 0.6 is 11.6 Å². The van der Waals surface area contributed by atoms with Crippen LogP contribution in [0.15, 0.2) is 12.4 Å². The molecule has 2 aromatic rings. The predicted octanol–water partition coefficient (Wildman–Crippen LogP) is 3.23. The zero-order valence-corrected chi connectivity index (χ0v) is 12.1. The fraction of sp³-hybridized carbons (Fsp3) is 0.462. The molecule has 0 aliphatic carbocycles. The van der Waals surface area contributed by atoms with Gasteiger partial charge >= 0.3 is 0 Å². The summed E-state index contributed by atoms with van der Waals surface area (Å²) in [5.74, 6) is 2.42. The molecule has 0 aliphatic rings. The minimum atomic E-state index is -0.138. The monoisotopic (exact) mass is 264 g/mol. The lowest BCUT2D eigenvalue weighted by Gasteiger charge is -2.19. The van der Waals surface area contributed by atoms with E-state index in [9.17, 15) is 0 Å². The molecule has 0 saturated carbocycles. The van der Waals surface area contributed by atoms with E-state index in [2.05, 4.69) is 35.7 Å². The number of aryl methyl sites for hydroxylation is 1. The van der Waals surface area contributed by atoms with Gasteiger partial charge in [0, 0.05) is 23.4 Å². The van der Waals surface area contributed by atoms with Crippen LogP contribution in [0.5, 0.6) is 0 Å². The Morgan fingerprint density at radius 3 is 2.33 bits per heavy atom. The van der Waals surface area contributed by atoms with Crippen LogP contribution in [0.25, 0.3) is 5.82 Å². The molecular weight excluding hydrogens is 248 g/mol. The highest BCUT2D eigenvalue weighted by Gasteiger charge is 2.21. The standard InChI is InChI=1S/C13H17ClN4/c1-8-10(14)16-12(13(3,4)5)17-11(8)18-7-6-15-9(18)2/h6-7H,1-5H3. The molecule has 0 fully saturated rings. The first-order chi connectivity index (χ1) is 8.30. The normalized spacial score (nSPS) is 11.9. The lowest BCUT2D eigenvalue weighted by Crippen LogP contribution is -2.18. The summed E-state index contributed by atoms with van der Waals surface area (Å²) in [5, 5.41) is 0.498. The molecule has 96 valence electrons. The fourth-order valence-electron chi connectivity index (χ4n) is 1.65. The first-order valence-electron chi connectivity index (χ1n) is 5.85. The Hall–Kier alpha value is -1.42. The van der Waals surface area contributed by atoms with Crippen molar-refractivity contribution in [2.45, 2.75) is 40.0 Å². The summed E-state index contributed by atoms with van der Waals surface area (Å²) in [5.41, 5.74) is 0.728. The Balaban J connectivity index is 2.68. The molecule has 0 atom stereocenters. The van der Waals surface area contributed by atoms with Gasteiger partial charge in [-0.1, -0.05) is 32.4 Å². The third kappa shape index (κ3) is 2.25. The Labute approximate surface area is 112 Å². The molecular formula is C13H17ClN4. The molecule has 4 nitrogen and oxygen atoms in total. The van der Waals surface area contributed by atoms with Crippen LogP contribution < -0.4 is 0 Å². The summed E-state index contributed by atoms with van der Waals surface area (Å²) in [6.07, 6.45) is 3.63. The summed E-state index contributed by atoms with van der Waals surface area (Å²) in [7, 11) is 0. The van der Waals surface area contributed by atoms with Gasteiger partial charge in [0.05, 0.1) is 0 Å². The van der Waals surface area contributed by atoms with Crippen molar-refractivity contribution in [2.75, 3.05) is 0 Å². The average molecular weight is 265 g/mol. The van der Waals surface area contributed by atoms with Gasteiger partial charge in [0.2, 0.25) is 0 Å². The first-order valence-corrected chi connectivity index (χ1v) is 6.23. The van der Waals surface area contributed by atoms with Gasteiger partial charge in [-0.25, -0.2) is 15.0 Å². The van der Waals surface area contributed by atoms with Gasteiger partial charge in [-0.15, -0.1) is 0 Å². The highest BCUT2D eigenvalue weighted by atomic mass is 35.5. The van der Waals surface area contributed by atoms with Gasteiger partial charge in [0.25, 0.3) is 0 Å². The lowest BCUT2D eigenvalue weighted by molar-refractivity contribution is 0.542. The summed E-state index contributed by atoms with van der Waals surface area (Å²) in [6.45, 7) is 10.1. The zero-order valence-electron chi connectivity index (χ0n) is 11.3. The van der Waals surface area contributed by atoms with Crippen molar-refractivity contribution in [3.05, 3.63) is 34.8 Å². The number of hydrogen-bond donors (Lipinski definition) is 0. The van der Waals surface area contributed by atoms with E-state index in [-0.39, 0.29) is 5.41 Å². The van der Waals surface area contributed by atoms with E-state index in [4.69, 9.17) is 11.6 Å². The molecule has 0 amide bonds. The Morgan fingerprint density at radius 1 is 1.17 bits per heavy atom. The Bertz CT molecular complexity index is 581. The number of hydrogen-bond acceptors (Lipinski definition) is 3. The molecule has 0 bridgehead atoms. The van der Waals surface area contributed by atoms with Crippen LogP contribution in [0, 0.1) is 13.8 Å². The number of imidazole rings is 1. The number of nitrogens with zero attached hydrogens (tertiary/aromatic N) is 4. The minimum absolute atomic E-state index is 0.138. The molecule has 0 saturated heterocycles. The van der Waals surface area contributed by atoms with E-state index < -0.39 is 0 Å². The van der Waals surface area contributed by atoms with E-state index in [1.165, 1.54) is 0 Å². The smallest absolute Gasteiger partial charge is 0.146 e. The van der Waals surface area contributed by atoms with Crippen molar-refractivity contribution in [2.24, 2.45) is 0 Å². The lowest BCUT2D eigenvalue weighted by atomic mass is 9.95. The molecule has 0 radical (unpaired) electrons. The predicted molar refractivity (Wildman–Crippen MR) is 72.3 cm³/mol. The SMILES string of the molecule is Cc1c(Cl)nc(C(C)(C)C)nc1-n1ccnc1C. The van der Waals surface area contributed by atoms with Gasteiger partial charge in [-0.05, 0) is 13.8 Å². The topological polar surface area (TPSA) is 43.6 Å². The van der Waals surface area contributed by atoms with Gasteiger partial charge in [-0.2, -0.15) is 0 Å². The Kier molecular flexibility index (Phi) is 3.15. The summed E-state index contributed by atoms with van der Waals surface area (Å²) in [6, 6.07) is 0. The van der Waals surface area contributed by atoms with Gasteiger partial charge in [-0.3, -0.25) is 4.57 Å². The highest BCUT2D eigenvalue weighted by Crippen LogP contribution is 2.25. The molecule has 2 aromatic heterocycles. The van der Waals surface area contributed by atoms with E-state index in [0.717, 1.165) is 23.0 Å². The molecule has 0 aromatic carbocycles. The highest BCUT2D eigenvalue weighted by molar-refractivity contribution is 6.30. The first kappa shape index (κ1) is 13.0. The Morgan fingerprint density at radius 2 is 1.83 bits per heavy atom. The number of aromatic nitrogens is 4. The average Bonchev–Trinajstić information content (AvgIpc) is 2.67. The molecule has 0 N–H and O–H groups in total. The fourth-order valence-corrected chi connectivity index (χ4v) is 1.81. The van der Waals surface area contributed by atoms with Gasteiger partial charge < -0.3 is 0 Å². The van der Waals surface area contributed by atoms with Crippen molar-refractivity contribution in [1.82, 2.24) is 19.5 Å². The van der Waals surface area contributed by atoms with Crippen LogP contribution in [-0.4, -0.2) is 19.5 Å².